The minimum atomic E-state index is -0.996. The molecule has 5 heteroatoms. The summed E-state index contributed by atoms with van der Waals surface area (Å²) >= 11 is 0. The van der Waals surface area contributed by atoms with Gasteiger partial charge in [-0.1, -0.05) is 20.8 Å². The van der Waals surface area contributed by atoms with Gasteiger partial charge in [-0.2, -0.15) is 0 Å². The molecule has 0 spiro atoms. The van der Waals surface area contributed by atoms with E-state index in [2.05, 4.69) is 5.32 Å². The number of hydrogen-bond acceptors (Lipinski definition) is 2. The van der Waals surface area contributed by atoms with E-state index in [1.54, 1.807) is 20.8 Å². The molecule has 0 atom stereocenters. The Morgan fingerprint density at radius 2 is 1.88 bits per heavy atom. The van der Waals surface area contributed by atoms with Gasteiger partial charge in [0.1, 0.15) is 11.6 Å². The monoisotopic (exact) mass is 241 g/mol. The summed E-state index contributed by atoms with van der Waals surface area (Å²) in [6.45, 7) is 4.95. The number of hydrogen-bond donors (Lipinski definition) is 1. The van der Waals surface area contributed by atoms with Crippen molar-refractivity contribution in [1.82, 2.24) is 0 Å². The second kappa shape index (κ2) is 4.61. The Hall–Kier alpha value is -1.78. The van der Waals surface area contributed by atoms with Crippen LogP contribution in [0.15, 0.2) is 12.1 Å². The standard InChI is InChI=1S/C12H13F2NO2/c1-12(2,3)11(17)15-10-5-7(13)4-9(14)8(10)6-16/h4-6H,1-3H3,(H,15,17). The van der Waals surface area contributed by atoms with Crippen LogP contribution in [0.2, 0.25) is 0 Å². The van der Waals surface area contributed by atoms with E-state index in [9.17, 15) is 18.4 Å². The third-order valence-corrected chi connectivity index (χ3v) is 2.14. The molecule has 0 aliphatic carbocycles. The molecular weight excluding hydrogens is 228 g/mol. The lowest BCUT2D eigenvalue weighted by molar-refractivity contribution is -0.123. The summed E-state index contributed by atoms with van der Waals surface area (Å²) < 4.78 is 26.2. The SMILES string of the molecule is CC(C)(C)C(=O)Nc1cc(F)cc(F)c1C=O. The number of benzene rings is 1. The average molecular weight is 241 g/mol. The summed E-state index contributed by atoms with van der Waals surface area (Å²) in [5, 5.41) is 2.33. The fraction of sp³-hybridized carbons (Fsp3) is 0.333. The van der Waals surface area contributed by atoms with E-state index in [0.29, 0.717) is 6.07 Å². The zero-order valence-corrected chi connectivity index (χ0v) is 9.80. The van der Waals surface area contributed by atoms with Crippen LogP contribution in [0.5, 0.6) is 0 Å². The van der Waals surface area contributed by atoms with Gasteiger partial charge in [-0.3, -0.25) is 9.59 Å². The van der Waals surface area contributed by atoms with Gasteiger partial charge in [-0.15, -0.1) is 0 Å². The number of carbonyl (C=O) groups excluding carboxylic acids is 2. The second-order valence-electron chi connectivity index (χ2n) is 4.67. The molecule has 0 fully saturated rings. The van der Waals surface area contributed by atoms with Crippen molar-refractivity contribution in [3.63, 3.8) is 0 Å². The molecule has 92 valence electrons. The lowest BCUT2D eigenvalue weighted by Gasteiger charge is -2.18. The van der Waals surface area contributed by atoms with Crippen molar-refractivity contribution in [2.75, 3.05) is 5.32 Å². The number of aldehydes is 1. The Balaban J connectivity index is 3.14. The molecule has 1 rings (SSSR count). The summed E-state index contributed by atoms with van der Waals surface area (Å²) in [4.78, 5) is 22.3. The Morgan fingerprint density at radius 3 is 2.35 bits per heavy atom. The first-order chi connectivity index (χ1) is 7.75. The van der Waals surface area contributed by atoms with E-state index in [4.69, 9.17) is 0 Å². The maximum Gasteiger partial charge on any atom is 0.229 e. The number of nitrogens with one attached hydrogen (secondary N) is 1. The fourth-order valence-electron chi connectivity index (χ4n) is 1.12. The molecule has 0 radical (unpaired) electrons. The highest BCUT2D eigenvalue weighted by molar-refractivity contribution is 5.98. The van der Waals surface area contributed by atoms with Crippen LogP contribution < -0.4 is 5.32 Å². The topological polar surface area (TPSA) is 46.2 Å². The predicted octanol–water partition coefficient (Wildman–Crippen LogP) is 2.76. The molecular formula is C12H13F2NO2. The Labute approximate surface area is 97.8 Å². The van der Waals surface area contributed by atoms with Crippen LogP contribution >= 0.6 is 0 Å². The summed E-state index contributed by atoms with van der Waals surface area (Å²) in [6, 6.07) is 1.51. The Kier molecular flexibility index (Phi) is 3.60. The van der Waals surface area contributed by atoms with Crippen molar-refractivity contribution in [2.24, 2.45) is 5.41 Å². The lowest BCUT2D eigenvalue weighted by Crippen LogP contribution is -2.28. The van der Waals surface area contributed by atoms with Crippen molar-refractivity contribution in [3.05, 3.63) is 29.3 Å². The molecule has 0 heterocycles. The van der Waals surface area contributed by atoms with Gasteiger partial charge < -0.3 is 5.32 Å². The molecule has 1 aromatic carbocycles. The van der Waals surface area contributed by atoms with E-state index >= 15 is 0 Å². The van der Waals surface area contributed by atoms with Gasteiger partial charge >= 0.3 is 0 Å². The summed E-state index contributed by atoms with van der Waals surface area (Å²) in [7, 11) is 0. The van der Waals surface area contributed by atoms with Gasteiger partial charge in [0.05, 0.1) is 11.3 Å². The molecule has 1 N–H and O–H groups in total. The molecule has 0 saturated heterocycles. The smallest absolute Gasteiger partial charge is 0.229 e. The van der Waals surface area contributed by atoms with Crippen LogP contribution in [0, 0.1) is 17.0 Å². The van der Waals surface area contributed by atoms with Crippen LogP contribution in [0.25, 0.3) is 0 Å². The lowest BCUT2D eigenvalue weighted by atomic mass is 9.95. The average Bonchev–Trinajstić information content (AvgIpc) is 2.15. The number of carbonyl (C=O) groups is 2. The van der Waals surface area contributed by atoms with Gasteiger partial charge in [0, 0.05) is 11.5 Å². The maximum atomic E-state index is 13.2. The van der Waals surface area contributed by atoms with Gasteiger partial charge in [-0.25, -0.2) is 8.78 Å². The Bertz CT molecular complexity index is 464. The van der Waals surface area contributed by atoms with Crippen LogP contribution in [-0.4, -0.2) is 12.2 Å². The summed E-state index contributed by atoms with van der Waals surface area (Å²) in [5.74, 6) is -2.27. The van der Waals surface area contributed by atoms with E-state index in [1.165, 1.54) is 0 Å². The molecule has 0 aliphatic heterocycles. The van der Waals surface area contributed by atoms with E-state index in [1.807, 2.05) is 0 Å². The van der Waals surface area contributed by atoms with E-state index < -0.39 is 23.0 Å². The number of amides is 1. The zero-order chi connectivity index (χ0) is 13.2. The number of anilines is 1. The van der Waals surface area contributed by atoms with Crippen LogP contribution in [0.4, 0.5) is 14.5 Å². The highest BCUT2D eigenvalue weighted by atomic mass is 19.1. The summed E-state index contributed by atoms with van der Waals surface area (Å²) in [6.07, 6.45) is 0.243. The van der Waals surface area contributed by atoms with Crippen LogP contribution in [0.1, 0.15) is 31.1 Å². The van der Waals surface area contributed by atoms with Crippen LogP contribution in [0.3, 0.4) is 0 Å². The van der Waals surface area contributed by atoms with Gasteiger partial charge in [-0.05, 0) is 6.07 Å². The normalized spacial score (nSPS) is 11.1. The van der Waals surface area contributed by atoms with Crippen molar-refractivity contribution in [1.29, 1.82) is 0 Å². The first-order valence-corrected chi connectivity index (χ1v) is 5.01. The van der Waals surface area contributed by atoms with Crippen molar-refractivity contribution >= 4 is 17.9 Å². The van der Waals surface area contributed by atoms with Crippen molar-refractivity contribution < 1.29 is 18.4 Å². The molecule has 17 heavy (non-hydrogen) atoms. The second-order valence-corrected chi connectivity index (χ2v) is 4.67. The van der Waals surface area contributed by atoms with Crippen LogP contribution in [-0.2, 0) is 4.79 Å². The van der Waals surface area contributed by atoms with Crippen molar-refractivity contribution in [3.8, 4) is 0 Å². The van der Waals surface area contributed by atoms with E-state index in [0.717, 1.165) is 6.07 Å². The third-order valence-electron chi connectivity index (χ3n) is 2.14. The minimum Gasteiger partial charge on any atom is -0.325 e. The molecule has 0 bridgehead atoms. The first-order valence-electron chi connectivity index (χ1n) is 5.01. The molecule has 0 aromatic heterocycles. The van der Waals surface area contributed by atoms with Gasteiger partial charge in [0.2, 0.25) is 5.91 Å². The predicted molar refractivity (Wildman–Crippen MR) is 59.8 cm³/mol. The minimum absolute atomic E-state index is 0.155. The van der Waals surface area contributed by atoms with Gasteiger partial charge in [0.25, 0.3) is 0 Å². The molecule has 3 nitrogen and oxygen atoms in total. The zero-order valence-electron chi connectivity index (χ0n) is 9.80. The van der Waals surface area contributed by atoms with E-state index in [-0.39, 0.29) is 17.5 Å². The molecule has 1 aromatic rings. The highest BCUT2D eigenvalue weighted by Gasteiger charge is 2.23. The number of rotatable bonds is 2. The molecule has 1 amide bonds. The maximum absolute atomic E-state index is 13.2. The quantitative estimate of drug-likeness (QED) is 0.809. The fourth-order valence-corrected chi connectivity index (χ4v) is 1.12. The highest BCUT2D eigenvalue weighted by Crippen LogP contribution is 2.22. The third kappa shape index (κ3) is 3.09. The first kappa shape index (κ1) is 13.3. The number of halogens is 2. The van der Waals surface area contributed by atoms with Crippen molar-refractivity contribution in [2.45, 2.75) is 20.8 Å². The molecule has 0 unspecified atom stereocenters. The molecule has 0 aliphatic rings. The summed E-state index contributed by atoms with van der Waals surface area (Å²) in [5.41, 5.74) is -1.23. The van der Waals surface area contributed by atoms with Gasteiger partial charge in [0.15, 0.2) is 6.29 Å². The molecule has 0 saturated carbocycles. The largest absolute Gasteiger partial charge is 0.325 e. The Morgan fingerprint density at radius 1 is 1.29 bits per heavy atom.